The fraction of sp³-hybridized carbons (Fsp3) is 0.538. The van der Waals surface area contributed by atoms with Gasteiger partial charge >= 0.3 is 0 Å². The predicted molar refractivity (Wildman–Crippen MR) is 121 cm³/mol. The standard InChI is InChI=1S/C26H31O3P/c1-26-15-22(16-4-8-19(9-5-16)30(2,3)29)25-20-11-7-18(27)14-17(20)6-10-21(25)23(26)12-13-24(26)28/h4-5,8-9,14,21-23H,6-7,10-13,15H2,1-3H3/t21?,22-,23+,26+/m1/s1. The Morgan fingerprint density at radius 3 is 2.40 bits per heavy atom. The summed E-state index contributed by atoms with van der Waals surface area (Å²) in [6.07, 6.45) is 7.95. The molecule has 0 heterocycles. The van der Waals surface area contributed by atoms with Crippen molar-refractivity contribution >= 4 is 24.0 Å². The largest absolute Gasteiger partial charge is 0.319 e. The highest BCUT2D eigenvalue weighted by molar-refractivity contribution is 7.70. The Bertz CT molecular complexity index is 1040. The maximum absolute atomic E-state index is 13.0. The third-order valence-corrected chi connectivity index (χ3v) is 9.90. The molecule has 5 rings (SSSR count). The lowest BCUT2D eigenvalue weighted by Crippen LogP contribution is -2.43. The number of carbonyl (C=O) groups excluding carboxylic acids is 2. The summed E-state index contributed by atoms with van der Waals surface area (Å²) in [4.78, 5) is 25.1. The van der Waals surface area contributed by atoms with E-state index in [0.717, 1.165) is 37.4 Å². The molecule has 0 spiro atoms. The zero-order valence-electron chi connectivity index (χ0n) is 18.2. The van der Waals surface area contributed by atoms with Gasteiger partial charge in [0.2, 0.25) is 0 Å². The van der Waals surface area contributed by atoms with Gasteiger partial charge in [-0.15, -0.1) is 0 Å². The van der Waals surface area contributed by atoms with E-state index in [-0.39, 0.29) is 17.1 Å². The van der Waals surface area contributed by atoms with Crippen molar-refractivity contribution in [3.8, 4) is 0 Å². The van der Waals surface area contributed by atoms with Crippen molar-refractivity contribution in [3.05, 3.63) is 52.6 Å². The summed E-state index contributed by atoms with van der Waals surface area (Å²) < 4.78 is 12.5. The summed E-state index contributed by atoms with van der Waals surface area (Å²) in [5.41, 5.74) is 5.17. The third-order valence-electron chi connectivity index (χ3n) is 8.36. The number of hydrogen-bond acceptors (Lipinski definition) is 3. The lowest BCUT2D eigenvalue weighted by molar-refractivity contribution is -0.128. The molecule has 0 saturated heterocycles. The molecule has 3 nitrogen and oxygen atoms in total. The molecule has 0 aliphatic heterocycles. The molecule has 0 amide bonds. The average molecular weight is 423 g/mol. The minimum Gasteiger partial charge on any atom is -0.319 e. The zero-order valence-corrected chi connectivity index (χ0v) is 19.1. The minimum absolute atomic E-state index is 0.215. The van der Waals surface area contributed by atoms with Gasteiger partial charge in [0, 0.05) is 29.5 Å². The van der Waals surface area contributed by atoms with Gasteiger partial charge in [-0.1, -0.05) is 36.8 Å². The SMILES string of the molecule is C[C@]12C[C@H](c3ccc(P(C)(C)=O)cc3)C3=C4CCC(=O)C=C4CCC3[C@@H]1CCC2=O. The van der Waals surface area contributed by atoms with Crippen LogP contribution >= 0.6 is 7.14 Å². The highest BCUT2D eigenvalue weighted by atomic mass is 31.2. The number of Topliss-reactive ketones (excluding diaryl/α,β-unsaturated/α-hetero) is 1. The number of allylic oxidation sites excluding steroid dienone is 4. The van der Waals surface area contributed by atoms with Gasteiger partial charge in [-0.2, -0.15) is 0 Å². The van der Waals surface area contributed by atoms with Crippen LogP contribution in [0.25, 0.3) is 0 Å². The van der Waals surface area contributed by atoms with Crippen LogP contribution in [0.4, 0.5) is 0 Å². The molecule has 4 aliphatic carbocycles. The van der Waals surface area contributed by atoms with Gasteiger partial charge in [0.25, 0.3) is 0 Å². The number of benzene rings is 1. The van der Waals surface area contributed by atoms with Gasteiger partial charge in [-0.05, 0) is 80.1 Å². The number of carbonyl (C=O) groups is 2. The summed E-state index contributed by atoms with van der Waals surface area (Å²) in [5.74, 6) is 1.79. The first-order valence-corrected chi connectivity index (χ1v) is 13.9. The Labute approximate surface area is 179 Å². The van der Waals surface area contributed by atoms with Crippen molar-refractivity contribution in [3.63, 3.8) is 0 Å². The number of hydrogen-bond donors (Lipinski definition) is 0. The smallest absolute Gasteiger partial charge is 0.156 e. The van der Waals surface area contributed by atoms with E-state index in [1.165, 1.54) is 22.3 Å². The van der Waals surface area contributed by atoms with Gasteiger partial charge < -0.3 is 4.57 Å². The first-order chi connectivity index (χ1) is 14.2. The molecule has 4 atom stereocenters. The molecular weight excluding hydrogens is 391 g/mol. The van der Waals surface area contributed by atoms with Crippen molar-refractivity contribution < 1.29 is 14.2 Å². The van der Waals surface area contributed by atoms with Gasteiger partial charge in [-0.25, -0.2) is 0 Å². The van der Waals surface area contributed by atoms with E-state index in [1.54, 1.807) is 0 Å². The maximum Gasteiger partial charge on any atom is 0.156 e. The Kier molecular flexibility index (Phi) is 4.64. The fourth-order valence-electron chi connectivity index (χ4n) is 6.80. The Morgan fingerprint density at radius 1 is 0.967 bits per heavy atom. The first kappa shape index (κ1) is 20.2. The van der Waals surface area contributed by atoms with E-state index < -0.39 is 7.14 Å². The Morgan fingerprint density at radius 2 is 1.70 bits per heavy atom. The van der Waals surface area contributed by atoms with Crippen LogP contribution < -0.4 is 5.30 Å². The second-order valence-corrected chi connectivity index (χ2v) is 13.6. The molecule has 158 valence electrons. The first-order valence-electron chi connectivity index (χ1n) is 11.3. The van der Waals surface area contributed by atoms with E-state index in [2.05, 4.69) is 19.1 Å². The van der Waals surface area contributed by atoms with Gasteiger partial charge in [-0.3, -0.25) is 9.59 Å². The van der Waals surface area contributed by atoms with Crippen molar-refractivity contribution in [2.24, 2.45) is 17.3 Å². The van der Waals surface area contributed by atoms with E-state index in [4.69, 9.17) is 0 Å². The summed E-state index contributed by atoms with van der Waals surface area (Å²) >= 11 is 0. The number of fused-ring (bicyclic) bond motifs is 4. The third kappa shape index (κ3) is 3.04. The topological polar surface area (TPSA) is 51.2 Å². The molecule has 0 radical (unpaired) electrons. The van der Waals surface area contributed by atoms with E-state index in [1.807, 2.05) is 31.5 Å². The van der Waals surface area contributed by atoms with Crippen molar-refractivity contribution in [2.75, 3.05) is 13.3 Å². The highest BCUT2D eigenvalue weighted by Crippen LogP contribution is 2.62. The van der Waals surface area contributed by atoms with Crippen LogP contribution in [0.5, 0.6) is 0 Å². The highest BCUT2D eigenvalue weighted by Gasteiger charge is 2.56. The average Bonchev–Trinajstić information content (AvgIpc) is 3.01. The normalized spacial score (nSPS) is 33.7. The van der Waals surface area contributed by atoms with E-state index in [0.29, 0.717) is 30.5 Å². The molecule has 2 saturated carbocycles. The molecule has 1 aromatic rings. The van der Waals surface area contributed by atoms with Gasteiger partial charge in [0.05, 0.1) is 0 Å². The van der Waals surface area contributed by atoms with Crippen LogP contribution in [-0.4, -0.2) is 24.9 Å². The molecule has 0 aromatic heterocycles. The van der Waals surface area contributed by atoms with Crippen LogP contribution in [0.1, 0.15) is 63.4 Å². The number of ketones is 2. The molecule has 1 aromatic carbocycles. The number of rotatable bonds is 2. The summed E-state index contributed by atoms with van der Waals surface area (Å²) in [6, 6.07) is 8.31. The van der Waals surface area contributed by atoms with Gasteiger partial charge in [0.15, 0.2) is 5.78 Å². The molecular formula is C26H31O3P. The fourth-order valence-corrected chi connectivity index (χ4v) is 7.66. The molecule has 1 unspecified atom stereocenters. The van der Waals surface area contributed by atoms with Crippen molar-refractivity contribution in [1.29, 1.82) is 0 Å². The molecule has 4 aliphatic rings. The lowest BCUT2D eigenvalue weighted by atomic mass is 9.53. The monoisotopic (exact) mass is 422 g/mol. The quantitative estimate of drug-likeness (QED) is 0.600. The zero-order chi connectivity index (χ0) is 21.3. The van der Waals surface area contributed by atoms with E-state index >= 15 is 0 Å². The van der Waals surface area contributed by atoms with Crippen LogP contribution in [0.15, 0.2) is 47.1 Å². The lowest BCUT2D eigenvalue weighted by Gasteiger charge is -2.50. The maximum atomic E-state index is 13.0. The van der Waals surface area contributed by atoms with Crippen LogP contribution in [0.3, 0.4) is 0 Å². The van der Waals surface area contributed by atoms with E-state index in [9.17, 15) is 14.2 Å². The second kappa shape index (κ2) is 6.89. The minimum atomic E-state index is -2.29. The predicted octanol–water partition coefficient (Wildman–Crippen LogP) is 5.40. The van der Waals surface area contributed by atoms with Crippen LogP contribution in [0.2, 0.25) is 0 Å². The second-order valence-electron chi connectivity index (χ2n) is 10.4. The molecule has 30 heavy (non-hydrogen) atoms. The molecule has 2 fully saturated rings. The molecule has 4 heteroatoms. The Hall–Kier alpha value is -1.73. The van der Waals surface area contributed by atoms with Crippen molar-refractivity contribution in [2.45, 2.75) is 57.8 Å². The summed E-state index contributed by atoms with van der Waals surface area (Å²) in [5, 5.41) is 0.907. The van der Waals surface area contributed by atoms with Gasteiger partial charge in [0.1, 0.15) is 12.9 Å². The van der Waals surface area contributed by atoms with Crippen LogP contribution in [-0.2, 0) is 14.2 Å². The molecule has 0 bridgehead atoms. The van der Waals surface area contributed by atoms with Crippen molar-refractivity contribution in [1.82, 2.24) is 0 Å². The Balaban J connectivity index is 1.65. The summed E-state index contributed by atoms with van der Waals surface area (Å²) in [6.45, 7) is 5.82. The summed E-state index contributed by atoms with van der Waals surface area (Å²) in [7, 11) is -2.29. The molecule has 0 N–H and O–H groups in total. The van der Waals surface area contributed by atoms with Crippen LogP contribution in [0, 0.1) is 17.3 Å².